The lowest BCUT2D eigenvalue weighted by Crippen LogP contribution is -2.64. The fraction of sp³-hybridized carbons (Fsp3) is 0.263. The summed E-state index contributed by atoms with van der Waals surface area (Å²) in [6.45, 7) is 3.46. The first-order chi connectivity index (χ1) is 14.8. The van der Waals surface area contributed by atoms with Crippen LogP contribution < -0.4 is 5.32 Å². The smallest absolute Gasteiger partial charge is 0.352 e. The molecule has 1 aliphatic heterocycles. The van der Waals surface area contributed by atoms with Gasteiger partial charge in [0.2, 0.25) is 0 Å². The summed E-state index contributed by atoms with van der Waals surface area (Å²) < 4.78 is 0.707. The molecule has 1 aliphatic rings. The molecule has 3 rings (SSSR count). The van der Waals surface area contributed by atoms with Gasteiger partial charge in [0, 0.05) is 11.3 Å². The zero-order valence-electron chi connectivity index (χ0n) is 16.6. The Bertz CT molecular complexity index is 1070. The van der Waals surface area contributed by atoms with Gasteiger partial charge in [-0.1, -0.05) is 58.6 Å². The minimum atomic E-state index is -1.23. The molecule has 1 saturated heterocycles. The van der Waals surface area contributed by atoms with Gasteiger partial charge < -0.3 is 20.5 Å². The zero-order chi connectivity index (χ0) is 22.5. The number of nitrogens with zero attached hydrogens (tertiary/aromatic N) is 4. The van der Waals surface area contributed by atoms with E-state index in [1.807, 2.05) is 6.92 Å². The van der Waals surface area contributed by atoms with Gasteiger partial charge in [-0.15, -0.1) is 10.2 Å². The van der Waals surface area contributed by atoms with Crippen LogP contribution in [0.25, 0.3) is 0 Å². The number of likely N-dealkylation sites (tertiary alicyclic amines) is 1. The van der Waals surface area contributed by atoms with Crippen LogP contribution in [0.1, 0.15) is 17.5 Å². The SMILES string of the molecule is CC(CSc1nnc(C)s1)=C(C(=O)O)N1CC(NC(=O)C(=NO)c2ccccc2)C1=O. The van der Waals surface area contributed by atoms with Crippen LogP contribution in [-0.2, 0) is 14.4 Å². The van der Waals surface area contributed by atoms with Crippen LogP contribution in [0.4, 0.5) is 0 Å². The van der Waals surface area contributed by atoms with Crippen molar-refractivity contribution >= 4 is 46.6 Å². The topological polar surface area (TPSA) is 145 Å². The number of oxime groups is 1. The molecule has 1 unspecified atom stereocenters. The number of carboxylic acids is 1. The molecule has 2 heterocycles. The van der Waals surface area contributed by atoms with E-state index in [2.05, 4.69) is 20.7 Å². The van der Waals surface area contributed by atoms with Gasteiger partial charge in [0.25, 0.3) is 11.8 Å². The van der Waals surface area contributed by atoms with E-state index < -0.39 is 23.8 Å². The summed E-state index contributed by atoms with van der Waals surface area (Å²) in [5.74, 6) is -2.18. The Balaban J connectivity index is 1.65. The third-order valence-electron chi connectivity index (χ3n) is 4.39. The molecule has 3 N–H and O–H groups in total. The number of hydrogen-bond acceptors (Lipinski definition) is 9. The first kappa shape index (κ1) is 22.4. The molecular weight excluding hydrogens is 442 g/mol. The van der Waals surface area contributed by atoms with E-state index in [1.165, 1.54) is 23.1 Å². The number of nitrogens with one attached hydrogen (secondary N) is 1. The van der Waals surface area contributed by atoms with Crippen LogP contribution in [0.5, 0.6) is 0 Å². The van der Waals surface area contributed by atoms with Gasteiger partial charge in [-0.05, 0) is 19.4 Å². The Morgan fingerprint density at radius 2 is 2.03 bits per heavy atom. The van der Waals surface area contributed by atoms with Crippen molar-refractivity contribution in [2.45, 2.75) is 24.2 Å². The van der Waals surface area contributed by atoms with Gasteiger partial charge >= 0.3 is 5.97 Å². The van der Waals surface area contributed by atoms with Crippen LogP contribution in [0.3, 0.4) is 0 Å². The number of carbonyl (C=O) groups is 3. The fourth-order valence-electron chi connectivity index (χ4n) is 2.90. The quantitative estimate of drug-likeness (QED) is 0.134. The first-order valence-electron chi connectivity index (χ1n) is 9.07. The van der Waals surface area contributed by atoms with Crippen LogP contribution >= 0.6 is 23.1 Å². The number of rotatable bonds is 8. The maximum atomic E-state index is 12.6. The van der Waals surface area contributed by atoms with E-state index in [1.54, 1.807) is 37.3 Å². The number of carbonyl (C=O) groups excluding carboxylic acids is 2. The molecule has 0 aliphatic carbocycles. The molecule has 1 aromatic heterocycles. The van der Waals surface area contributed by atoms with Gasteiger partial charge in [0.1, 0.15) is 16.7 Å². The standard InChI is InChI=1S/C19H19N5O5S2/c1-10(9-30-19-22-21-11(2)31-19)15(18(27)28)24-8-13(17(24)26)20-16(25)14(23-29)12-6-4-3-5-7-12/h3-7,13,29H,8-9H2,1-2H3,(H,20,25)(H,27,28). The zero-order valence-corrected chi connectivity index (χ0v) is 18.2. The second-order valence-corrected chi connectivity index (χ2v) is 9.00. The van der Waals surface area contributed by atoms with Crippen molar-refractivity contribution in [3.8, 4) is 0 Å². The van der Waals surface area contributed by atoms with Gasteiger partial charge in [-0.3, -0.25) is 9.59 Å². The lowest BCUT2D eigenvalue weighted by Gasteiger charge is -2.39. The van der Waals surface area contributed by atoms with Crippen LogP contribution in [0.2, 0.25) is 0 Å². The summed E-state index contributed by atoms with van der Waals surface area (Å²) >= 11 is 2.74. The number of benzene rings is 1. The van der Waals surface area contributed by atoms with E-state index in [4.69, 9.17) is 0 Å². The lowest BCUT2D eigenvalue weighted by atomic mass is 10.0. The summed E-state index contributed by atoms with van der Waals surface area (Å²) in [5, 5.41) is 33.0. The van der Waals surface area contributed by atoms with E-state index in [0.29, 0.717) is 21.2 Å². The molecule has 0 saturated carbocycles. The van der Waals surface area contributed by atoms with Crippen LogP contribution in [0.15, 0.2) is 51.1 Å². The Morgan fingerprint density at radius 1 is 1.32 bits per heavy atom. The number of β-lactam (4-membered cyclic amide) rings is 1. The first-order valence-corrected chi connectivity index (χ1v) is 10.9. The fourth-order valence-corrected chi connectivity index (χ4v) is 4.66. The highest BCUT2D eigenvalue weighted by Gasteiger charge is 2.43. The van der Waals surface area contributed by atoms with Crippen molar-refractivity contribution < 1.29 is 24.7 Å². The van der Waals surface area contributed by atoms with Gasteiger partial charge in [-0.25, -0.2) is 4.79 Å². The number of amides is 2. The molecule has 0 spiro atoms. The predicted octanol–water partition coefficient (Wildman–Crippen LogP) is 1.50. The average Bonchev–Trinajstić information content (AvgIpc) is 3.17. The summed E-state index contributed by atoms with van der Waals surface area (Å²) in [7, 11) is 0. The van der Waals surface area contributed by atoms with E-state index in [0.717, 1.165) is 9.91 Å². The molecule has 162 valence electrons. The van der Waals surface area contributed by atoms with Crippen LogP contribution in [-0.4, -0.2) is 67.2 Å². The van der Waals surface area contributed by atoms with Crippen molar-refractivity contribution in [1.29, 1.82) is 0 Å². The van der Waals surface area contributed by atoms with Crippen molar-refractivity contribution in [3.05, 3.63) is 52.2 Å². The van der Waals surface area contributed by atoms with Gasteiger partial charge in [0.15, 0.2) is 10.1 Å². The highest BCUT2D eigenvalue weighted by Crippen LogP contribution is 2.27. The van der Waals surface area contributed by atoms with Crippen molar-refractivity contribution in [3.63, 3.8) is 0 Å². The molecule has 1 aromatic carbocycles. The van der Waals surface area contributed by atoms with Crippen molar-refractivity contribution in [1.82, 2.24) is 20.4 Å². The van der Waals surface area contributed by atoms with E-state index in [-0.39, 0.29) is 18.0 Å². The summed E-state index contributed by atoms with van der Waals surface area (Å²) in [6, 6.07) is 7.38. The molecule has 31 heavy (non-hydrogen) atoms. The number of hydrogen-bond donors (Lipinski definition) is 3. The summed E-state index contributed by atoms with van der Waals surface area (Å²) in [5.41, 5.74) is 0.520. The van der Waals surface area contributed by atoms with Gasteiger partial charge in [0.05, 0.1) is 6.54 Å². The third-order valence-corrected chi connectivity index (χ3v) is 6.54. The van der Waals surface area contributed by atoms with E-state index >= 15 is 0 Å². The van der Waals surface area contributed by atoms with Crippen LogP contribution in [0, 0.1) is 6.92 Å². The number of carboxylic acid groups (broad SMARTS) is 1. The van der Waals surface area contributed by atoms with Gasteiger partial charge in [-0.2, -0.15) is 0 Å². The molecule has 2 aromatic rings. The number of aromatic nitrogens is 2. The van der Waals surface area contributed by atoms with E-state index in [9.17, 15) is 24.7 Å². The van der Waals surface area contributed by atoms with Crippen molar-refractivity contribution in [2.75, 3.05) is 12.3 Å². The highest BCUT2D eigenvalue weighted by atomic mass is 32.2. The number of aliphatic carboxylic acids is 1. The Kier molecular flexibility index (Phi) is 7.02. The molecule has 0 radical (unpaired) electrons. The second kappa shape index (κ2) is 9.71. The second-order valence-electron chi connectivity index (χ2n) is 6.60. The molecule has 0 bridgehead atoms. The molecule has 12 heteroatoms. The molecular formula is C19H19N5O5S2. The number of thioether (sulfide) groups is 1. The maximum absolute atomic E-state index is 12.6. The molecule has 2 amide bonds. The highest BCUT2D eigenvalue weighted by molar-refractivity contribution is 8.01. The normalized spacial score (nSPS) is 17.1. The largest absolute Gasteiger partial charge is 0.477 e. The Hall–Kier alpha value is -3.25. The predicted molar refractivity (Wildman–Crippen MR) is 114 cm³/mol. The maximum Gasteiger partial charge on any atom is 0.352 e. The number of aryl methyl sites for hydroxylation is 1. The molecule has 1 fully saturated rings. The van der Waals surface area contributed by atoms with Crippen molar-refractivity contribution in [2.24, 2.45) is 5.16 Å². The summed E-state index contributed by atoms with van der Waals surface area (Å²) in [4.78, 5) is 37.9. The monoisotopic (exact) mass is 461 g/mol. The minimum absolute atomic E-state index is 0.000370. The lowest BCUT2D eigenvalue weighted by molar-refractivity contribution is -0.148. The third kappa shape index (κ3) is 5.09. The Morgan fingerprint density at radius 3 is 2.58 bits per heavy atom. The Labute approximate surface area is 185 Å². The molecule has 10 nitrogen and oxygen atoms in total. The minimum Gasteiger partial charge on any atom is -0.477 e. The summed E-state index contributed by atoms with van der Waals surface area (Å²) in [6.07, 6.45) is 0. The molecule has 1 atom stereocenters. The average molecular weight is 462 g/mol.